The van der Waals surface area contributed by atoms with Crippen molar-refractivity contribution in [3.8, 4) is 11.5 Å². The Morgan fingerprint density at radius 1 is 0.971 bits per heavy atom. The smallest absolute Gasteiger partial charge is 0.242 e. The van der Waals surface area contributed by atoms with Gasteiger partial charge in [0.15, 0.2) is 11.5 Å². The van der Waals surface area contributed by atoms with Gasteiger partial charge in [-0.2, -0.15) is 0 Å². The first-order valence-corrected chi connectivity index (χ1v) is 13.0. The summed E-state index contributed by atoms with van der Waals surface area (Å²) >= 11 is 12.8. The van der Waals surface area contributed by atoms with Crippen LogP contribution in [0.3, 0.4) is 0 Å². The molecule has 1 atom stereocenters. The molecule has 0 saturated carbocycles. The van der Waals surface area contributed by atoms with Crippen LogP contribution in [0.4, 0.5) is 0 Å². The van der Waals surface area contributed by atoms with Gasteiger partial charge in [-0.05, 0) is 62.9 Å². The van der Waals surface area contributed by atoms with Gasteiger partial charge >= 0.3 is 0 Å². The lowest BCUT2D eigenvalue weighted by Crippen LogP contribution is -2.49. The van der Waals surface area contributed by atoms with Crippen LogP contribution in [0.5, 0.6) is 11.5 Å². The third-order valence-corrected chi connectivity index (χ3v) is 6.27. The molecule has 2 amide bonds. The summed E-state index contributed by atoms with van der Waals surface area (Å²) in [5.41, 5.74) is 1.58. The van der Waals surface area contributed by atoms with Crippen LogP contribution in [0.25, 0.3) is 0 Å². The van der Waals surface area contributed by atoms with Gasteiger partial charge in [0.25, 0.3) is 0 Å². The summed E-state index contributed by atoms with van der Waals surface area (Å²) < 4.78 is 11.3. The molecule has 0 heterocycles. The number of halogens is 2. The number of rotatable bonds is 14. The van der Waals surface area contributed by atoms with E-state index in [2.05, 4.69) is 5.32 Å². The van der Waals surface area contributed by atoms with Crippen molar-refractivity contribution in [2.75, 3.05) is 19.8 Å². The molecule has 35 heavy (non-hydrogen) atoms. The van der Waals surface area contributed by atoms with Crippen molar-refractivity contribution in [1.29, 1.82) is 0 Å². The first-order valence-electron chi connectivity index (χ1n) is 12.2. The molecule has 0 aliphatic rings. The van der Waals surface area contributed by atoms with Gasteiger partial charge < -0.3 is 19.7 Å². The van der Waals surface area contributed by atoms with E-state index in [4.69, 9.17) is 32.7 Å². The molecule has 0 spiro atoms. The predicted molar refractivity (Wildman–Crippen MR) is 141 cm³/mol. The molecule has 192 valence electrons. The number of benzene rings is 2. The highest BCUT2D eigenvalue weighted by atomic mass is 35.5. The molecule has 0 aromatic heterocycles. The van der Waals surface area contributed by atoms with Crippen LogP contribution in [0.2, 0.25) is 10.0 Å². The van der Waals surface area contributed by atoms with Crippen LogP contribution in [0.15, 0.2) is 36.4 Å². The molecule has 2 rings (SSSR count). The zero-order valence-electron chi connectivity index (χ0n) is 21.0. The standard InChI is InChI=1S/C27H36Cl2N2O4/c1-5-16-30-27(33)23(6-2)31(18-20-21(28)10-9-11-22(20)29)26(32)15-13-19-12-14-24(34-7-3)25(17-19)35-8-4/h9-12,14,17,23H,5-8,13,15-16,18H2,1-4H3,(H,30,33)/t23-/m1/s1. The second-order valence-electron chi connectivity index (χ2n) is 8.08. The zero-order valence-corrected chi connectivity index (χ0v) is 22.5. The number of hydrogen-bond donors (Lipinski definition) is 1. The van der Waals surface area contributed by atoms with Gasteiger partial charge in [-0.25, -0.2) is 0 Å². The number of nitrogens with zero attached hydrogens (tertiary/aromatic N) is 1. The maximum atomic E-state index is 13.5. The number of nitrogens with one attached hydrogen (secondary N) is 1. The van der Waals surface area contributed by atoms with Crippen LogP contribution in [0, 0.1) is 0 Å². The minimum atomic E-state index is -0.624. The Morgan fingerprint density at radius 2 is 1.63 bits per heavy atom. The lowest BCUT2D eigenvalue weighted by atomic mass is 10.1. The molecule has 0 aliphatic carbocycles. The van der Waals surface area contributed by atoms with E-state index < -0.39 is 6.04 Å². The Bertz CT molecular complexity index is 963. The van der Waals surface area contributed by atoms with E-state index in [0.29, 0.717) is 59.7 Å². The maximum Gasteiger partial charge on any atom is 0.242 e. The summed E-state index contributed by atoms with van der Waals surface area (Å²) in [7, 11) is 0. The van der Waals surface area contributed by atoms with Crippen molar-refractivity contribution in [2.24, 2.45) is 0 Å². The number of amides is 2. The Morgan fingerprint density at radius 3 is 2.23 bits per heavy atom. The number of hydrogen-bond acceptors (Lipinski definition) is 4. The second kappa shape index (κ2) is 14.8. The molecule has 8 heteroatoms. The van der Waals surface area contributed by atoms with Gasteiger partial charge in [0, 0.05) is 35.1 Å². The molecule has 0 aliphatic heterocycles. The van der Waals surface area contributed by atoms with Crippen LogP contribution in [0.1, 0.15) is 58.1 Å². The lowest BCUT2D eigenvalue weighted by Gasteiger charge is -2.31. The molecule has 0 radical (unpaired) electrons. The Labute approximate surface area is 218 Å². The number of carbonyl (C=O) groups excluding carboxylic acids is 2. The van der Waals surface area contributed by atoms with Crippen molar-refractivity contribution in [1.82, 2.24) is 10.2 Å². The van der Waals surface area contributed by atoms with Crippen molar-refractivity contribution >= 4 is 35.0 Å². The summed E-state index contributed by atoms with van der Waals surface area (Å²) in [5.74, 6) is 1.01. The first kappa shape index (κ1) is 28.8. The molecule has 2 aromatic carbocycles. The quantitative estimate of drug-likeness (QED) is 0.327. The van der Waals surface area contributed by atoms with Gasteiger partial charge in [-0.3, -0.25) is 9.59 Å². The fraction of sp³-hybridized carbons (Fsp3) is 0.481. The molecule has 1 N–H and O–H groups in total. The number of carbonyl (C=O) groups is 2. The zero-order chi connectivity index (χ0) is 25.8. The van der Waals surface area contributed by atoms with Gasteiger partial charge in [0.1, 0.15) is 6.04 Å². The number of aryl methyl sites for hydroxylation is 1. The molecular formula is C27H36Cl2N2O4. The third kappa shape index (κ3) is 8.32. The van der Waals surface area contributed by atoms with E-state index in [0.717, 1.165) is 12.0 Å². The van der Waals surface area contributed by atoms with Crippen LogP contribution < -0.4 is 14.8 Å². The highest BCUT2D eigenvalue weighted by Crippen LogP contribution is 2.30. The highest BCUT2D eigenvalue weighted by molar-refractivity contribution is 6.36. The van der Waals surface area contributed by atoms with Crippen molar-refractivity contribution in [3.05, 3.63) is 57.6 Å². The Kier molecular flexibility index (Phi) is 12.2. The normalized spacial score (nSPS) is 11.6. The fourth-order valence-corrected chi connectivity index (χ4v) is 4.30. The second-order valence-corrected chi connectivity index (χ2v) is 8.90. The molecule has 6 nitrogen and oxygen atoms in total. The van der Waals surface area contributed by atoms with Gasteiger partial charge in [-0.15, -0.1) is 0 Å². The van der Waals surface area contributed by atoms with Crippen molar-refractivity contribution in [2.45, 2.75) is 66.0 Å². The van der Waals surface area contributed by atoms with Crippen molar-refractivity contribution < 1.29 is 19.1 Å². The van der Waals surface area contributed by atoms with E-state index in [1.54, 1.807) is 23.1 Å². The van der Waals surface area contributed by atoms with E-state index in [1.807, 2.05) is 45.9 Å². The third-order valence-electron chi connectivity index (χ3n) is 5.56. The maximum absolute atomic E-state index is 13.5. The average molecular weight is 524 g/mol. The van der Waals surface area contributed by atoms with Gasteiger partial charge in [0.05, 0.1) is 13.2 Å². The minimum Gasteiger partial charge on any atom is -0.490 e. The first-order chi connectivity index (χ1) is 16.9. The summed E-state index contributed by atoms with van der Waals surface area (Å²) in [6.07, 6.45) is 2.00. The van der Waals surface area contributed by atoms with Crippen molar-refractivity contribution in [3.63, 3.8) is 0 Å². The summed E-state index contributed by atoms with van der Waals surface area (Å²) in [4.78, 5) is 28.0. The van der Waals surface area contributed by atoms with Gasteiger partial charge in [0.2, 0.25) is 11.8 Å². The summed E-state index contributed by atoms with van der Waals surface area (Å²) in [5, 5.41) is 3.85. The molecular weight excluding hydrogens is 487 g/mol. The lowest BCUT2D eigenvalue weighted by molar-refractivity contribution is -0.141. The Balaban J connectivity index is 2.27. The van der Waals surface area contributed by atoms with Gasteiger partial charge in [-0.1, -0.05) is 49.2 Å². The fourth-order valence-electron chi connectivity index (χ4n) is 3.79. The minimum absolute atomic E-state index is 0.147. The number of ether oxygens (including phenoxy) is 2. The largest absolute Gasteiger partial charge is 0.490 e. The SMILES string of the molecule is CCCNC(=O)[C@@H](CC)N(Cc1c(Cl)cccc1Cl)C(=O)CCc1ccc(OCC)c(OCC)c1. The van der Waals surface area contributed by atoms with Crippen LogP contribution >= 0.6 is 23.2 Å². The topological polar surface area (TPSA) is 67.9 Å². The molecule has 0 saturated heterocycles. The summed E-state index contributed by atoms with van der Waals surface area (Å²) in [6, 6.07) is 10.3. The monoisotopic (exact) mass is 522 g/mol. The molecule has 0 unspecified atom stereocenters. The average Bonchev–Trinajstić information content (AvgIpc) is 2.84. The van der Waals surface area contributed by atoms with E-state index in [9.17, 15) is 9.59 Å². The molecule has 2 aromatic rings. The van der Waals surface area contributed by atoms with Crippen LogP contribution in [-0.2, 0) is 22.6 Å². The highest BCUT2D eigenvalue weighted by Gasteiger charge is 2.29. The van der Waals surface area contributed by atoms with Crippen LogP contribution in [-0.4, -0.2) is 42.5 Å². The van der Waals surface area contributed by atoms with E-state index in [-0.39, 0.29) is 24.8 Å². The van der Waals surface area contributed by atoms with E-state index in [1.165, 1.54) is 0 Å². The van der Waals surface area contributed by atoms with E-state index >= 15 is 0 Å². The molecule has 0 fully saturated rings. The predicted octanol–water partition coefficient (Wildman–Crippen LogP) is 6.06. The Hall–Kier alpha value is -2.44. The molecule has 0 bridgehead atoms. The summed E-state index contributed by atoms with van der Waals surface area (Å²) in [6.45, 7) is 9.48.